The summed E-state index contributed by atoms with van der Waals surface area (Å²) >= 11 is 1.82. The monoisotopic (exact) mass is 225 g/mol. The molecule has 2 rings (SSSR count). The minimum absolute atomic E-state index is 0.459. The molecule has 2 heterocycles. The Morgan fingerprint density at radius 2 is 2.40 bits per heavy atom. The highest BCUT2D eigenvalue weighted by atomic mass is 32.1. The zero-order valence-electron chi connectivity index (χ0n) is 9.40. The van der Waals surface area contributed by atoms with Crippen LogP contribution in [0.3, 0.4) is 0 Å². The van der Waals surface area contributed by atoms with Crippen LogP contribution < -0.4 is 5.32 Å². The van der Waals surface area contributed by atoms with Crippen molar-refractivity contribution < 1.29 is 4.74 Å². The zero-order chi connectivity index (χ0) is 10.7. The average Bonchev–Trinajstić information content (AvgIpc) is 2.91. The Hall–Kier alpha value is -0.380. The quantitative estimate of drug-likeness (QED) is 0.851. The third-order valence-corrected chi connectivity index (χ3v) is 4.21. The van der Waals surface area contributed by atoms with Crippen LogP contribution >= 0.6 is 11.3 Å². The molecule has 0 amide bonds. The van der Waals surface area contributed by atoms with Crippen LogP contribution in [0.5, 0.6) is 0 Å². The summed E-state index contributed by atoms with van der Waals surface area (Å²) in [7, 11) is 0. The van der Waals surface area contributed by atoms with Crippen LogP contribution in [0.15, 0.2) is 17.5 Å². The molecule has 84 valence electrons. The van der Waals surface area contributed by atoms with Crippen molar-refractivity contribution in [3.05, 3.63) is 22.4 Å². The van der Waals surface area contributed by atoms with Gasteiger partial charge in [0.25, 0.3) is 0 Å². The molecule has 1 aliphatic heterocycles. The van der Waals surface area contributed by atoms with E-state index < -0.39 is 0 Å². The lowest BCUT2D eigenvalue weighted by atomic mass is 10.00. The molecular weight excluding hydrogens is 206 g/mol. The molecule has 0 spiro atoms. The molecule has 1 N–H and O–H groups in total. The summed E-state index contributed by atoms with van der Waals surface area (Å²) in [6, 6.07) is 5.31. The second-order valence-electron chi connectivity index (χ2n) is 4.32. The van der Waals surface area contributed by atoms with Crippen molar-refractivity contribution in [3.63, 3.8) is 0 Å². The van der Waals surface area contributed by atoms with Crippen LogP contribution in [0.1, 0.15) is 31.2 Å². The van der Waals surface area contributed by atoms with Gasteiger partial charge in [-0.2, -0.15) is 0 Å². The Bertz CT molecular complexity index is 280. The molecule has 1 aromatic heterocycles. The largest absolute Gasteiger partial charge is 0.381 e. The highest BCUT2D eigenvalue weighted by molar-refractivity contribution is 7.10. The highest BCUT2D eigenvalue weighted by Gasteiger charge is 2.23. The first-order valence-corrected chi connectivity index (χ1v) is 6.52. The number of hydrogen-bond acceptors (Lipinski definition) is 3. The second kappa shape index (κ2) is 5.10. The van der Waals surface area contributed by atoms with E-state index in [1.54, 1.807) is 0 Å². The fourth-order valence-electron chi connectivity index (χ4n) is 2.10. The predicted molar refractivity (Wildman–Crippen MR) is 64.3 cm³/mol. The van der Waals surface area contributed by atoms with Gasteiger partial charge in [0.1, 0.15) is 0 Å². The summed E-state index contributed by atoms with van der Waals surface area (Å²) in [4.78, 5) is 1.42. The Morgan fingerprint density at radius 1 is 1.53 bits per heavy atom. The minimum Gasteiger partial charge on any atom is -0.381 e. The molecule has 3 atom stereocenters. The van der Waals surface area contributed by atoms with Crippen molar-refractivity contribution >= 4 is 11.3 Å². The van der Waals surface area contributed by atoms with E-state index >= 15 is 0 Å². The SMILES string of the molecule is CC(NC(C)C1CCOC1)c1cccs1. The third-order valence-electron chi connectivity index (χ3n) is 3.15. The lowest BCUT2D eigenvalue weighted by Gasteiger charge is -2.23. The van der Waals surface area contributed by atoms with E-state index in [-0.39, 0.29) is 0 Å². The Kier molecular flexibility index (Phi) is 3.78. The predicted octanol–water partition coefficient (Wildman–Crippen LogP) is 2.82. The molecule has 3 unspecified atom stereocenters. The fourth-order valence-corrected chi connectivity index (χ4v) is 2.84. The van der Waals surface area contributed by atoms with Gasteiger partial charge in [0.05, 0.1) is 6.61 Å². The fraction of sp³-hybridized carbons (Fsp3) is 0.667. The third kappa shape index (κ3) is 2.80. The van der Waals surface area contributed by atoms with Gasteiger partial charge >= 0.3 is 0 Å². The number of rotatable bonds is 4. The molecule has 15 heavy (non-hydrogen) atoms. The molecule has 0 radical (unpaired) electrons. The van der Waals surface area contributed by atoms with Crippen molar-refractivity contribution in [1.29, 1.82) is 0 Å². The first-order chi connectivity index (χ1) is 7.27. The van der Waals surface area contributed by atoms with E-state index in [1.807, 2.05) is 11.3 Å². The molecule has 1 saturated heterocycles. The molecule has 0 bridgehead atoms. The Morgan fingerprint density at radius 3 is 3.00 bits per heavy atom. The molecule has 3 heteroatoms. The van der Waals surface area contributed by atoms with Gasteiger partial charge in [0.15, 0.2) is 0 Å². The molecule has 1 aromatic rings. The van der Waals surface area contributed by atoms with Gasteiger partial charge < -0.3 is 10.1 Å². The van der Waals surface area contributed by atoms with Gasteiger partial charge in [-0.3, -0.25) is 0 Å². The van der Waals surface area contributed by atoms with Gasteiger partial charge in [-0.15, -0.1) is 11.3 Å². The first-order valence-electron chi connectivity index (χ1n) is 5.64. The lowest BCUT2D eigenvalue weighted by molar-refractivity contribution is 0.177. The Balaban J connectivity index is 1.85. The van der Waals surface area contributed by atoms with Crippen molar-refractivity contribution in [1.82, 2.24) is 5.32 Å². The van der Waals surface area contributed by atoms with Crippen LogP contribution in [0.2, 0.25) is 0 Å². The zero-order valence-corrected chi connectivity index (χ0v) is 10.2. The normalized spacial score (nSPS) is 25.3. The number of nitrogens with one attached hydrogen (secondary N) is 1. The minimum atomic E-state index is 0.459. The standard InChI is InChI=1S/C12H19NOS/c1-9(11-5-6-14-8-11)13-10(2)12-4-3-7-15-12/h3-4,7,9-11,13H,5-6,8H2,1-2H3. The first kappa shape index (κ1) is 11.1. The van der Waals surface area contributed by atoms with E-state index in [0.717, 1.165) is 13.2 Å². The van der Waals surface area contributed by atoms with E-state index in [1.165, 1.54) is 11.3 Å². The maximum Gasteiger partial charge on any atom is 0.0509 e. The summed E-state index contributed by atoms with van der Waals surface area (Å²) in [5.74, 6) is 0.687. The maximum atomic E-state index is 5.41. The van der Waals surface area contributed by atoms with Crippen LogP contribution in [0.4, 0.5) is 0 Å². The maximum absolute atomic E-state index is 5.41. The van der Waals surface area contributed by atoms with Crippen molar-refractivity contribution in [2.45, 2.75) is 32.4 Å². The number of hydrogen-bond donors (Lipinski definition) is 1. The molecule has 0 saturated carbocycles. The average molecular weight is 225 g/mol. The van der Waals surface area contributed by atoms with E-state index in [0.29, 0.717) is 18.0 Å². The second-order valence-corrected chi connectivity index (χ2v) is 5.30. The highest BCUT2D eigenvalue weighted by Crippen LogP contribution is 2.22. The van der Waals surface area contributed by atoms with Crippen molar-refractivity contribution in [3.8, 4) is 0 Å². The van der Waals surface area contributed by atoms with E-state index in [9.17, 15) is 0 Å². The van der Waals surface area contributed by atoms with Gasteiger partial charge in [0, 0.05) is 23.6 Å². The molecule has 1 fully saturated rings. The van der Waals surface area contributed by atoms with Crippen molar-refractivity contribution in [2.75, 3.05) is 13.2 Å². The summed E-state index contributed by atoms with van der Waals surface area (Å²) < 4.78 is 5.41. The summed E-state index contributed by atoms with van der Waals surface area (Å²) in [5.41, 5.74) is 0. The number of thiophene rings is 1. The molecular formula is C12H19NOS. The van der Waals surface area contributed by atoms with Crippen LogP contribution in [-0.4, -0.2) is 19.3 Å². The molecule has 0 aromatic carbocycles. The van der Waals surface area contributed by atoms with Gasteiger partial charge in [-0.05, 0) is 37.6 Å². The van der Waals surface area contributed by atoms with Gasteiger partial charge in [-0.1, -0.05) is 6.07 Å². The number of ether oxygens (including phenoxy) is 1. The molecule has 0 aliphatic carbocycles. The summed E-state index contributed by atoms with van der Waals surface area (Å²) in [6.07, 6.45) is 1.20. The lowest BCUT2D eigenvalue weighted by Crippen LogP contribution is -2.35. The van der Waals surface area contributed by atoms with E-state index in [2.05, 4.69) is 36.7 Å². The molecule has 1 aliphatic rings. The van der Waals surface area contributed by atoms with E-state index in [4.69, 9.17) is 4.74 Å². The van der Waals surface area contributed by atoms with Crippen LogP contribution in [0, 0.1) is 5.92 Å². The Labute approximate surface area is 95.6 Å². The smallest absolute Gasteiger partial charge is 0.0509 e. The summed E-state index contributed by atoms with van der Waals surface area (Å²) in [5, 5.41) is 5.79. The van der Waals surface area contributed by atoms with Crippen LogP contribution in [0.25, 0.3) is 0 Å². The topological polar surface area (TPSA) is 21.3 Å². The van der Waals surface area contributed by atoms with Crippen LogP contribution in [-0.2, 0) is 4.74 Å². The summed E-state index contributed by atoms with van der Waals surface area (Å²) in [6.45, 7) is 6.36. The van der Waals surface area contributed by atoms with Crippen molar-refractivity contribution in [2.24, 2.45) is 5.92 Å². The molecule has 2 nitrogen and oxygen atoms in total. The van der Waals surface area contributed by atoms with Gasteiger partial charge in [0.2, 0.25) is 0 Å². The van der Waals surface area contributed by atoms with Gasteiger partial charge in [-0.25, -0.2) is 0 Å².